The first-order chi connectivity index (χ1) is 15.9. The molecule has 3 aliphatic heterocycles. The molecule has 1 saturated heterocycles. The van der Waals surface area contributed by atoms with Gasteiger partial charge in [-0.25, -0.2) is 4.79 Å². The molecule has 1 spiro atoms. The van der Waals surface area contributed by atoms with E-state index in [1.165, 1.54) is 11.0 Å². The first kappa shape index (κ1) is 21.4. The minimum atomic E-state index is -0.502. The van der Waals surface area contributed by atoms with Crippen molar-refractivity contribution in [3.8, 4) is 5.82 Å². The van der Waals surface area contributed by atoms with Gasteiger partial charge in [-0.05, 0) is 68.8 Å². The van der Waals surface area contributed by atoms with E-state index in [0.29, 0.717) is 17.1 Å². The zero-order valence-electron chi connectivity index (χ0n) is 18.9. The van der Waals surface area contributed by atoms with Crippen LogP contribution in [0.1, 0.15) is 37.9 Å². The maximum atomic E-state index is 13.3. The molecule has 0 aliphatic carbocycles. The molecule has 0 saturated carbocycles. The number of hydrogen-bond acceptors (Lipinski definition) is 9. The van der Waals surface area contributed by atoms with E-state index in [-0.39, 0.29) is 24.5 Å². The van der Waals surface area contributed by atoms with Crippen LogP contribution in [-0.2, 0) is 20.7 Å². The van der Waals surface area contributed by atoms with Gasteiger partial charge in [0.2, 0.25) is 5.91 Å². The van der Waals surface area contributed by atoms with Crippen molar-refractivity contribution in [3.05, 3.63) is 47.2 Å². The number of tetrazole rings is 1. The number of aromatic nitrogens is 6. The van der Waals surface area contributed by atoms with E-state index < -0.39 is 5.41 Å². The summed E-state index contributed by atoms with van der Waals surface area (Å²) in [6.45, 7) is 7.69. The number of piperidine rings is 1. The molecule has 1 fully saturated rings. The number of amides is 1. The Bertz CT molecular complexity index is 1150. The fourth-order valence-corrected chi connectivity index (χ4v) is 4.76. The summed E-state index contributed by atoms with van der Waals surface area (Å²) in [7, 11) is 0. The van der Waals surface area contributed by atoms with Gasteiger partial charge < -0.3 is 9.64 Å². The molecule has 172 valence electrons. The van der Waals surface area contributed by atoms with Crippen molar-refractivity contribution in [1.29, 1.82) is 0 Å². The summed E-state index contributed by atoms with van der Waals surface area (Å²) in [6.07, 6.45) is 7.56. The summed E-state index contributed by atoms with van der Waals surface area (Å²) < 4.78 is 6.57. The lowest BCUT2D eigenvalue weighted by Crippen LogP contribution is -2.48. The van der Waals surface area contributed by atoms with Crippen LogP contribution in [0.3, 0.4) is 0 Å². The monoisotopic (exact) mass is 450 g/mol. The Balaban J connectivity index is 1.21. The Labute approximate surface area is 191 Å². The Morgan fingerprint density at radius 1 is 1.18 bits per heavy atom. The van der Waals surface area contributed by atoms with Crippen molar-refractivity contribution >= 4 is 11.9 Å². The number of esters is 1. The normalized spacial score (nSPS) is 21.4. The van der Waals surface area contributed by atoms with Crippen molar-refractivity contribution < 1.29 is 14.3 Å². The zero-order valence-corrected chi connectivity index (χ0v) is 18.9. The summed E-state index contributed by atoms with van der Waals surface area (Å²) in [4.78, 5) is 29.0. The van der Waals surface area contributed by atoms with E-state index in [9.17, 15) is 9.59 Å². The van der Waals surface area contributed by atoms with E-state index in [4.69, 9.17) is 4.74 Å². The molecular weight excluding hydrogens is 424 g/mol. The van der Waals surface area contributed by atoms with Crippen LogP contribution in [0.15, 0.2) is 35.9 Å². The van der Waals surface area contributed by atoms with Crippen LogP contribution in [-0.4, -0.2) is 77.8 Å². The highest BCUT2D eigenvalue weighted by Crippen LogP contribution is 2.42. The standard InChI is InChI=1S/C22H26N8O3/c1-14-10-19(30-13-23-26-27-30)25-24-17(14)11-15(2)28-7-4-22(5-8-28)6-9-29(21(22)32)18-12-33-20(31)16(18)3/h6,9-10,13,15H,4-5,7-8,11-12H2,1-3H3/t15-/m1/s1. The second kappa shape index (κ2) is 8.14. The summed E-state index contributed by atoms with van der Waals surface area (Å²) in [5.74, 6) is 0.284. The van der Waals surface area contributed by atoms with E-state index in [0.717, 1.165) is 43.6 Å². The Morgan fingerprint density at radius 2 is 1.97 bits per heavy atom. The van der Waals surface area contributed by atoms with Gasteiger partial charge in [0.25, 0.3) is 0 Å². The van der Waals surface area contributed by atoms with Crippen LogP contribution in [0.2, 0.25) is 0 Å². The first-order valence-corrected chi connectivity index (χ1v) is 11.1. The highest BCUT2D eigenvalue weighted by atomic mass is 16.5. The number of likely N-dealkylation sites (tertiary alicyclic amines) is 1. The largest absolute Gasteiger partial charge is 0.456 e. The second-order valence-electron chi connectivity index (χ2n) is 8.97. The molecule has 0 unspecified atom stereocenters. The van der Waals surface area contributed by atoms with Gasteiger partial charge in [0.15, 0.2) is 5.82 Å². The lowest BCUT2D eigenvalue weighted by Gasteiger charge is -2.40. The molecule has 33 heavy (non-hydrogen) atoms. The van der Waals surface area contributed by atoms with Gasteiger partial charge in [-0.2, -0.15) is 9.78 Å². The minimum absolute atomic E-state index is 0.0438. The van der Waals surface area contributed by atoms with E-state index in [1.54, 1.807) is 11.8 Å². The molecule has 5 heterocycles. The van der Waals surface area contributed by atoms with E-state index in [1.807, 2.05) is 25.3 Å². The summed E-state index contributed by atoms with van der Waals surface area (Å²) in [5, 5.41) is 19.8. The molecule has 11 nitrogen and oxygen atoms in total. The third-order valence-corrected chi connectivity index (χ3v) is 7.02. The highest BCUT2D eigenvalue weighted by Gasteiger charge is 2.47. The second-order valence-corrected chi connectivity index (χ2v) is 8.97. The molecule has 5 rings (SSSR count). The molecule has 11 heteroatoms. The van der Waals surface area contributed by atoms with Gasteiger partial charge in [0, 0.05) is 18.7 Å². The minimum Gasteiger partial charge on any atom is -0.456 e. The van der Waals surface area contributed by atoms with E-state index in [2.05, 4.69) is 37.5 Å². The van der Waals surface area contributed by atoms with Gasteiger partial charge in [0.1, 0.15) is 12.9 Å². The van der Waals surface area contributed by atoms with Crippen molar-refractivity contribution in [2.75, 3.05) is 19.7 Å². The summed E-state index contributed by atoms with van der Waals surface area (Å²) in [6, 6.07) is 2.19. The number of carbonyl (C=O) groups excluding carboxylic acids is 2. The Morgan fingerprint density at radius 3 is 2.61 bits per heavy atom. The number of nitrogens with zero attached hydrogens (tertiary/aromatic N) is 8. The van der Waals surface area contributed by atoms with Crippen LogP contribution in [0, 0.1) is 12.3 Å². The molecule has 0 bridgehead atoms. The first-order valence-electron chi connectivity index (χ1n) is 11.1. The van der Waals surface area contributed by atoms with Crippen molar-refractivity contribution in [1.82, 2.24) is 40.2 Å². The Kier molecular flexibility index (Phi) is 5.28. The number of carbonyl (C=O) groups is 2. The van der Waals surface area contributed by atoms with Gasteiger partial charge in [-0.1, -0.05) is 6.08 Å². The van der Waals surface area contributed by atoms with Crippen LogP contribution in [0.25, 0.3) is 5.82 Å². The van der Waals surface area contributed by atoms with Crippen LogP contribution in [0.5, 0.6) is 0 Å². The smallest absolute Gasteiger partial charge is 0.336 e. The predicted molar refractivity (Wildman–Crippen MR) is 116 cm³/mol. The van der Waals surface area contributed by atoms with Crippen molar-refractivity contribution in [2.24, 2.45) is 5.41 Å². The molecule has 3 aliphatic rings. The lowest BCUT2D eigenvalue weighted by atomic mass is 9.78. The Hall–Kier alpha value is -3.47. The van der Waals surface area contributed by atoms with Crippen LogP contribution >= 0.6 is 0 Å². The van der Waals surface area contributed by atoms with Crippen molar-refractivity contribution in [3.63, 3.8) is 0 Å². The topological polar surface area (TPSA) is 119 Å². The molecular formula is C22H26N8O3. The SMILES string of the molecule is CC1=C(N2C=CC3(CCN([C@H](C)Cc4nnc(-n5cnnn5)cc4C)CC3)C2=O)COC1=O. The number of cyclic esters (lactones) is 1. The predicted octanol–water partition coefficient (Wildman–Crippen LogP) is 0.961. The third-order valence-electron chi connectivity index (χ3n) is 7.02. The fourth-order valence-electron chi connectivity index (χ4n) is 4.76. The number of rotatable bonds is 5. The molecule has 1 amide bonds. The lowest BCUT2D eigenvalue weighted by molar-refractivity contribution is -0.138. The summed E-state index contributed by atoms with van der Waals surface area (Å²) >= 11 is 0. The van der Waals surface area contributed by atoms with Crippen molar-refractivity contribution in [2.45, 2.75) is 46.1 Å². The molecule has 0 radical (unpaired) electrons. The van der Waals surface area contributed by atoms with Crippen LogP contribution in [0.4, 0.5) is 0 Å². The molecule has 2 aromatic heterocycles. The average molecular weight is 451 g/mol. The molecule has 2 aromatic rings. The zero-order chi connectivity index (χ0) is 23.2. The molecule has 0 aromatic carbocycles. The summed E-state index contributed by atoms with van der Waals surface area (Å²) in [5.41, 5.74) is 2.65. The number of aryl methyl sites for hydroxylation is 1. The third kappa shape index (κ3) is 3.71. The maximum absolute atomic E-state index is 13.3. The van der Waals surface area contributed by atoms with Gasteiger partial charge >= 0.3 is 5.97 Å². The molecule has 1 atom stereocenters. The highest BCUT2D eigenvalue weighted by molar-refractivity contribution is 5.95. The van der Waals surface area contributed by atoms with Gasteiger partial charge in [0.05, 0.1) is 22.4 Å². The number of ether oxygens (including phenoxy) is 1. The fraction of sp³-hybridized carbons (Fsp3) is 0.500. The average Bonchev–Trinajstić information content (AvgIpc) is 3.53. The maximum Gasteiger partial charge on any atom is 0.336 e. The van der Waals surface area contributed by atoms with Crippen LogP contribution < -0.4 is 0 Å². The molecule has 0 N–H and O–H groups in total. The van der Waals surface area contributed by atoms with Gasteiger partial charge in [-0.3, -0.25) is 9.69 Å². The van der Waals surface area contributed by atoms with Gasteiger partial charge in [-0.15, -0.1) is 10.2 Å². The van der Waals surface area contributed by atoms with E-state index >= 15 is 0 Å². The quantitative estimate of drug-likeness (QED) is 0.614. The number of hydrogen-bond donors (Lipinski definition) is 0.